The van der Waals surface area contributed by atoms with Gasteiger partial charge in [0.2, 0.25) is 5.75 Å². The molecule has 0 saturated heterocycles. The molecule has 1 heterocycles. The van der Waals surface area contributed by atoms with Crippen molar-refractivity contribution in [2.75, 3.05) is 27.9 Å². The molecular weight excluding hydrogens is 358 g/mol. The fourth-order valence-electron chi connectivity index (χ4n) is 3.68. The number of hydrogen-bond donors (Lipinski definition) is 0. The summed E-state index contributed by atoms with van der Waals surface area (Å²) in [5, 5.41) is 0. The standard InChI is InChI=1S/C22H27NO5/c1-5-28-22(24)18-12-16-8-6-7-9-17(16)14-23(18)13-15-10-19(25-2)21(27-4)20(11-15)26-3/h6-11,18H,5,12-14H2,1-4H3. The van der Waals surface area contributed by atoms with Crippen molar-refractivity contribution in [3.63, 3.8) is 0 Å². The van der Waals surface area contributed by atoms with Crippen LogP contribution in [-0.4, -0.2) is 44.8 Å². The van der Waals surface area contributed by atoms with E-state index >= 15 is 0 Å². The highest BCUT2D eigenvalue weighted by Crippen LogP contribution is 2.39. The van der Waals surface area contributed by atoms with Gasteiger partial charge in [0.05, 0.1) is 27.9 Å². The van der Waals surface area contributed by atoms with E-state index in [-0.39, 0.29) is 12.0 Å². The zero-order valence-electron chi connectivity index (χ0n) is 16.9. The van der Waals surface area contributed by atoms with Crippen LogP contribution < -0.4 is 14.2 Å². The number of nitrogens with zero attached hydrogens (tertiary/aromatic N) is 1. The van der Waals surface area contributed by atoms with Crippen molar-refractivity contribution in [3.05, 3.63) is 53.1 Å². The quantitative estimate of drug-likeness (QED) is 0.682. The Bertz CT molecular complexity index is 810. The predicted molar refractivity (Wildman–Crippen MR) is 106 cm³/mol. The van der Waals surface area contributed by atoms with Crippen LogP contribution in [0.15, 0.2) is 36.4 Å². The molecule has 150 valence electrons. The van der Waals surface area contributed by atoms with Crippen LogP contribution in [-0.2, 0) is 29.0 Å². The minimum absolute atomic E-state index is 0.190. The number of carbonyl (C=O) groups excluding carboxylic acids is 1. The molecule has 3 rings (SSSR count). The van der Waals surface area contributed by atoms with Crippen LogP contribution in [0.4, 0.5) is 0 Å². The first kappa shape index (κ1) is 20.0. The van der Waals surface area contributed by atoms with Crippen molar-refractivity contribution < 1.29 is 23.7 Å². The third kappa shape index (κ3) is 4.07. The van der Waals surface area contributed by atoms with E-state index in [0.29, 0.717) is 43.4 Å². The molecule has 0 fully saturated rings. The SMILES string of the molecule is CCOC(=O)C1Cc2ccccc2CN1Cc1cc(OC)c(OC)c(OC)c1. The molecule has 1 aliphatic heterocycles. The molecule has 28 heavy (non-hydrogen) atoms. The minimum atomic E-state index is -0.325. The lowest BCUT2D eigenvalue weighted by atomic mass is 9.93. The summed E-state index contributed by atoms with van der Waals surface area (Å²) in [5.41, 5.74) is 3.40. The zero-order chi connectivity index (χ0) is 20.1. The number of benzene rings is 2. The average Bonchev–Trinajstić information content (AvgIpc) is 2.72. The fraction of sp³-hybridized carbons (Fsp3) is 0.409. The Labute approximate surface area is 166 Å². The number of methoxy groups -OCH3 is 3. The van der Waals surface area contributed by atoms with Crippen LogP contribution in [0.1, 0.15) is 23.6 Å². The van der Waals surface area contributed by atoms with Gasteiger partial charge < -0.3 is 18.9 Å². The molecule has 0 radical (unpaired) electrons. The summed E-state index contributed by atoms with van der Waals surface area (Å²) >= 11 is 0. The maximum Gasteiger partial charge on any atom is 0.323 e. The molecule has 6 heteroatoms. The topological polar surface area (TPSA) is 57.2 Å². The second kappa shape index (κ2) is 8.97. The van der Waals surface area contributed by atoms with E-state index in [9.17, 15) is 4.79 Å². The van der Waals surface area contributed by atoms with Gasteiger partial charge in [0.15, 0.2) is 11.5 Å². The van der Waals surface area contributed by atoms with Crippen LogP contribution in [0, 0.1) is 0 Å². The molecule has 1 atom stereocenters. The maximum atomic E-state index is 12.6. The van der Waals surface area contributed by atoms with E-state index in [1.165, 1.54) is 11.1 Å². The van der Waals surface area contributed by atoms with E-state index in [2.05, 4.69) is 17.0 Å². The molecule has 0 aromatic heterocycles. The molecule has 0 bridgehead atoms. The van der Waals surface area contributed by atoms with E-state index in [0.717, 1.165) is 5.56 Å². The summed E-state index contributed by atoms with van der Waals surface area (Å²) in [4.78, 5) is 14.8. The van der Waals surface area contributed by atoms with Gasteiger partial charge in [0.25, 0.3) is 0 Å². The summed E-state index contributed by atoms with van der Waals surface area (Å²) in [6, 6.07) is 11.7. The first-order chi connectivity index (χ1) is 13.6. The number of rotatable bonds is 7. The number of carbonyl (C=O) groups is 1. The van der Waals surface area contributed by atoms with Crippen molar-refractivity contribution >= 4 is 5.97 Å². The summed E-state index contributed by atoms with van der Waals surface area (Å²) < 4.78 is 21.7. The first-order valence-corrected chi connectivity index (χ1v) is 9.37. The molecule has 1 aliphatic rings. The smallest absolute Gasteiger partial charge is 0.323 e. The van der Waals surface area contributed by atoms with Crippen molar-refractivity contribution in [1.82, 2.24) is 4.90 Å². The zero-order valence-corrected chi connectivity index (χ0v) is 16.9. The van der Waals surface area contributed by atoms with Crippen molar-refractivity contribution in [2.45, 2.75) is 32.5 Å². The van der Waals surface area contributed by atoms with Crippen LogP contribution in [0.2, 0.25) is 0 Å². The summed E-state index contributed by atoms with van der Waals surface area (Å²) in [7, 11) is 4.78. The summed E-state index contributed by atoms with van der Waals surface area (Å²) in [6.07, 6.45) is 0.638. The second-order valence-corrected chi connectivity index (χ2v) is 6.68. The Morgan fingerprint density at radius 2 is 1.68 bits per heavy atom. The molecule has 0 N–H and O–H groups in total. The first-order valence-electron chi connectivity index (χ1n) is 9.37. The predicted octanol–water partition coefficient (Wildman–Crippen LogP) is 3.20. The van der Waals surface area contributed by atoms with Crippen LogP contribution in [0.25, 0.3) is 0 Å². The Kier molecular flexibility index (Phi) is 6.41. The van der Waals surface area contributed by atoms with Crippen LogP contribution in [0.3, 0.4) is 0 Å². The van der Waals surface area contributed by atoms with Crippen molar-refractivity contribution in [3.8, 4) is 17.2 Å². The van der Waals surface area contributed by atoms with E-state index in [1.54, 1.807) is 21.3 Å². The average molecular weight is 385 g/mol. The van der Waals surface area contributed by atoms with Gasteiger partial charge in [0, 0.05) is 13.1 Å². The third-order valence-electron chi connectivity index (χ3n) is 5.01. The normalized spacial score (nSPS) is 16.2. The monoisotopic (exact) mass is 385 g/mol. The number of esters is 1. The van der Waals surface area contributed by atoms with Crippen LogP contribution in [0.5, 0.6) is 17.2 Å². The maximum absolute atomic E-state index is 12.6. The van der Waals surface area contributed by atoms with Crippen molar-refractivity contribution in [1.29, 1.82) is 0 Å². The molecule has 1 unspecified atom stereocenters. The highest BCUT2D eigenvalue weighted by atomic mass is 16.5. The Balaban J connectivity index is 1.93. The molecule has 0 amide bonds. The summed E-state index contributed by atoms with van der Waals surface area (Å²) in [6.45, 7) is 3.44. The minimum Gasteiger partial charge on any atom is -0.493 e. The number of fused-ring (bicyclic) bond motifs is 1. The molecule has 6 nitrogen and oxygen atoms in total. The van der Waals surface area contributed by atoms with Crippen molar-refractivity contribution in [2.24, 2.45) is 0 Å². The second-order valence-electron chi connectivity index (χ2n) is 6.68. The Morgan fingerprint density at radius 3 is 2.25 bits per heavy atom. The molecule has 0 aliphatic carbocycles. The van der Waals surface area contributed by atoms with Gasteiger partial charge in [-0.25, -0.2) is 0 Å². The molecule has 2 aromatic rings. The van der Waals surface area contributed by atoms with Gasteiger partial charge in [-0.2, -0.15) is 0 Å². The van der Waals surface area contributed by atoms with Gasteiger partial charge in [-0.1, -0.05) is 24.3 Å². The lowest BCUT2D eigenvalue weighted by molar-refractivity contribution is -0.150. The molecule has 0 saturated carbocycles. The highest BCUT2D eigenvalue weighted by Gasteiger charge is 2.32. The fourth-order valence-corrected chi connectivity index (χ4v) is 3.68. The largest absolute Gasteiger partial charge is 0.493 e. The number of hydrogen-bond acceptors (Lipinski definition) is 6. The molecule has 0 spiro atoms. The van der Waals surface area contributed by atoms with Gasteiger partial charge in [-0.15, -0.1) is 0 Å². The number of ether oxygens (including phenoxy) is 4. The highest BCUT2D eigenvalue weighted by molar-refractivity contribution is 5.76. The third-order valence-corrected chi connectivity index (χ3v) is 5.01. The van der Waals surface area contributed by atoms with Gasteiger partial charge in [-0.05, 0) is 42.2 Å². The van der Waals surface area contributed by atoms with Gasteiger partial charge >= 0.3 is 5.97 Å². The van der Waals surface area contributed by atoms with Crippen LogP contribution >= 0.6 is 0 Å². The molecule has 2 aromatic carbocycles. The van der Waals surface area contributed by atoms with Gasteiger partial charge in [0.1, 0.15) is 6.04 Å². The van der Waals surface area contributed by atoms with E-state index < -0.39 is 0 Å². The van der Waals surface area contributed by atoms with E-state index in [4.69, 9.17) is 18.9 Å². The summed E-state index contributed by atoms with van der Waals surface area (Å²) in [5.74, 6) is 1.56. The lowest BCUT2D eigenvalue weighted by Gasteiger charge is -2.35. The van der Waals surface area contributed by atoms with Gasteiger partial charge in [-0.3, -0.25) is 9.69 Å². The Morgan fingerprint density at radius 1 is 1.04 bits per heavy atom. The molecular formula is C22H27NO5. The lowest BCUT2D eigenvalue weighted by Crippen LogP contribution is -2.45. The van der Waals surface area contributed by atoms with E-state index in [1.807, 2.05) is 31.2 Å². The Hall–Kier alpha value is -2.73.